The van der Waals surface area contributed by atoms with Gasteiger partial charge in [0.2, 0.25) is 0 Å². The van der Waals surface area contributed by atoms with Crippen molar-refractivity contribution in [1.82, 2.24) is 0 Å². The zero-order valence-electron chi connectivity index (χ0n) is 17.9. The van der Waals surface area contributed by atoms with Gasteiger partial charge in [0, 0.05) is 0 Å². The summed E-state index contributed by atoms with van der Waals surface area (Å²) in [6.07, 6.45) is 0.507. The van der Waals surface area contributed by atoms with Gasteiger partial charge in [-0.15, -0.1) is 0 Å². The molecule has 0 amide bonds. The Balaban J connectivity index is -0.000000174. The van der Waals surface area contributed by atoms with Crippen LogP contribution in [0.1, 0.15) is 40.0 Å². The molecule has 13 heteroatoms. The maximum Gasteiger partial charge on any atom is 3.00 e. The number of carbonyl (C=O) groups is 3. The first-order valence-electron chi connectivity index (χ1n) is 9.18. The molecule has 0 aromatic carbocycles. The number of aliphatic hydroxyl groups excluding tert-OH is 6. The third-order valence-electron chi connectivity index (χ3n) is 5.15. The van der Waals surface area contributed by atoms with E-state index in [1.165, 1.54) is 0 Å². The van der Waals surface area contributed by atoms with Crippen LogP contribution in [0.15, 0.2) is 0 Å². The van der Waals surface area contributed by atoms with Gasteiger partial charge in [-0.3, -0.25) is 0 Å². The van der Waals surface area contributed by atoms with Gasteiger partial charge in [-0.05, 0) is 19.3 Å². The normalized spacial score (nSPS) is 11.1. The van der Waals surface area contributed by atoms with Crippen molar-refractivity contribution < 1.29 is 60.3 Å². The summed E-state index contributed by atoms with van der Waals surface area (Å²) in [6.45, 7) is 1.23. The van der Waals surface area contributed by atoms with Gasteiger partial charge in [0.05, 0.1) is 73.8 Å². The smallest absolute Gasteiger partial charge is 0.549 e. The molecule has 0 saturated carbocycles. The molecule has 0 aliphatic carbocycles. The van der Waals surface area contributed by atoms with Crippen molar-refractivity contribution in [3.8, 4) is 0 Å². The van der Waals surface area contributed by atoms with Crippen LogP contribution in [-0.4, -0.2) is 113 Å². The SMILES string of the molecule is CCC(CO)(CO)C(=O)[O-].CCC(CO)(CO)C(=O)[O-].CCC(CO)(CO)C(=O)[O-].[Sb+3]. The summed E-state index contributed by atoms with van der Waals surface area (Å²) in [4.78, 5) is 30.9. The average Bonchev–Trinajstić information content (AvgIpc) is 2.73. The van der Waals surface area contributed by atoms with Gasteiger partial charge in [-0.25, -0.2) is 0 Å². The summed E-state index contributed by atoms with van der Waals surface area (Å²) >= 11 is 0. The first kappa shape index (κ1) is 37.3. The van der Waals surface area contributed by atoms with E-state index in [0.29, 0.717) is 0 Å². The molecule has 0 aliphatic heterocycles. The molecular formula is C18H33O12Sb. The van der Waals surface area contributed by atoms with Gasteiger partial charge in [0.1, 0.15) is 0 Å². The average molecular weight is 563 g/mol. The number of carboxylic acids is 3. The number of carboxylic acid groups (broad SMARTS) is 3. The minimum atomic E-state index is -1.46. The fourth-order valence-corrected chi connectivity index (χ4v) is 1.64. The molecule has 12 nitrogen and oxygen atoms in total. The van der Waals surface area contributed by atoms with Gasteiger partial charge in [-0.1, -0.05) is 20.8 Å². The Morgan fingerprint density at radius 3 is 0.645 bits per heavy atom. The first-order chi connectivity index (χ1) is 13.9. The van der Waals surface area contributed by atoms with Crippen molar-refractivity contribution in [1.29, 1.82) is 0 Å². The van der Waals surface area contributed by atoms with Gasteiger partial charge < -0.3 is 60.3 Å². The molecule has 182 valence electrons. The summed E-state index contributed by atoms with van der Waals surface area (Å²) in [6, 6.07) is 0. The third-order valence-corrected chi connectivity index (χ3v) is 5.15. The molecule has 0 rings (SSSR count). The molecule has 0 heterocycles. The van der Waals surface area contributed by atoms with E-state index in [1.807, 2.05) is 0 Å². The monoisotopic (exact) mass is 562 g/mol. The fraction of sp³-hybridized carbons (Fsp3) is 0.833. The Labute approximate surface area is 198 Å². The zero-order chi connectivity index (χ0) is 24.6. The first-order valence-corrected chi connectivity index (χ1v) is 9.18. The van der Waals surface area contributed by atoms with Crippen molar-refractivity contribution in [2.75, 3.05) is 39.6 Å². The molecule has 0 aliphatic rings. The molecule has 0 spiro atoms. The van der Waals surface area contributed by atoms with Crippen molar-refractivity contribution in [2.45, 2.75) is 40.0 Å². The molecular weight excluding hydrogens is 530 g/mol. The maximum atomic E-state index is 10.3. The van der Waals surface area contributed by atoms with E-state index < -0.39 is 73.8 Å². The van der Waals surface area contributed by atoms with Gasteiger partial charge >= 0.3 is 24.4 Å². The minimum absolute atomic E-state index is 0. The van der Waals surface area contributed by atoms with Crippen LogP contribution < -0.4 is 15.3 Å². The van der Waals surface area contributed by atoms with E-state index in [0.717, 1.165) is 0 Å². The van der Waals surface area contributed by atoms with Crippen LogP contribution in [0.5, 0.6) is 0 Å². The zero-order valence-corrected chi connectivity index (χ0v) is 20.5. The van der Waals surface area contributed by atoms with Crippen LogP contribution in [0.25, 0.3) is 0 Å². The fourth-order valence-electron chi connectivity index (χ4n) is 1.64. The van der Waals surface area contributed by atoms with Crippen molar-refractivity contribution in [2.24, 2.45) is 16.2 Å². The molecule has 0 unspecified atom stereocenters. The topological polar surface area (TPSA) is 242 Å². The van der Waals surface area contributed by atoms with E-state index in [4.69, 9.17) is 30.6 Å². The standard InChI is InChI=1S/3C6H12O4.Sb/c3*1-2-6(3-7,4-8)5(9)10;/h3*7-8H,2-4H2,1H3,(H,9,10);/q;;;+3/p-3. The number of rotatable bonds is 12. The molecule has 0 atom stereocenters. The molecule has 0 saturated heterocycles. The summed E-state index contributed by atoms with van der Waals surface area (Å²) in [7, 11) is 0. The second kappa shape index (κ2) is 18.5. The number of hydrogen-bond acceptors (Lipinski definition) is 12. The van der Waals surface area contributed by atoms with Crippen LogP contribution in [0.2, 0.25) is 0 Å². The minimum Gasteiger partial charge on any atom is -0.549 e. The largest absolute Gasteiger partial charge is 3.00 e. The van der Waals surface area contributed by atoms with Crippen molar-refractivity contribution in [3.05, 3.63) is 0 Å². The number of hydrogen-bond donors (Lipinski definition) is 6. The summed E-state index contributed by atoms with van der Waals surface area (Å²) in [5.74, 6) is -4.21. The predicted molar refractivity (Wildman–Crippen MR) is 101 cm³/mol. The van der Waals surface area contributed by atoms with Crippen LogP contribution >= 0.6 is 0 Å². The Bertz CT molecular complexity index is 404. The second-order valence-electron chi connectivity index (χ2n) is 6.71. The maximum absolute atomic E-state index is 10.3. The number of aliphatic hydroxyl groups is 6. The van der Waals surface area contributed by atoms with Gasteiger partial charge in [0.15, 0.2) is 0 Å². The molecule has 0 aromatic rings. The number of aliphatic carboxylic acids is 3. The molecule has 0 fully saturated rings. The second-order valence-corrected chi connectivity index (χ2v) is 6.71. The molecule has 0 bridgehead atoms. The van der Waals surface area contributed by atoms with E-state index >= 15 is 0 Å². The molecule has 6 N–H and O–H groups in total. The van der Waals surface area contributed by atoms with E-state index in [9.17, 15) is 29.7 Å². The Morgan fingerprint density at radius 2 is 0.645 bits per heavy atom. The quantitative estimate of drug-likeness (QED) is 0.122. The van der Waals surface area contributed by atoms with Crippen molar-refractivity contribution >= 4 is 42.3 Å². The van der Waals surface area contributed by atoms with E-state index in [1.54, 1.807) is 20.8 Å². The predicted octanol–water partition coefficient (Wildman–Crippen LogP) is -6.03. The van der Waals surface area contributed by atoms with Gasteiger partial charge in [-0.2, -0.15) is 0 Å². The number of carbonyl (C=O) groups excluding carboxylic acids is 3. The summed E-state index contributed by atoms with van der Waals surface area (Å²) in [5.41, 5.74) is -4.38. The van der Waals surface area contributed by atoms with E-state index in [2.05, 4.69) is 0 Å². The Kier molecular flexibility index (Phi) is 22.3. The van der Waals surface area contributed by atoms with E-state index in [-0.39, 0.29) is 43.7 Å². The summed E-state index contributed by atoms with van der Waals surface area (Å²) < 4.78 is 0. The van der Waals surface area contributed by atoms with Gasteiger partial charge in [0.25, 0.3) is 0 Å². The van der Waals surface area contributed by atoms with Crippen LogP contribution in [0, 0.1) is 16.2 Å². The Hall–Kier alpha value is -1.01. The van der Waals surface area contributed by atoms with Crippen LogP contribution in [0.4, 0.5) is 0 Å². The molecule has 31 heavy (non-hydrogen) atoms. The van der Waals surface area contributed by atoms with Crippen LogP contribution in [-0.2, 0) is 14.4 Å². The van der Waals surface area contributed by atoms with Crippen LogP contribution in [0.3, 0.4) is 0 Å². The van der Waals surface area contributed by atoms with Crippen molar-refractivity contribution in [3.63, 3.8) is 0 Å². The molecule has 2 radical (unpaired) electrons. The third kappa shape index (κ3) is 10.9. The summed E-state index contributed by atoms with van der Waals surface area (Å²) in [5, 5.41) is 82.2. The Morgan fingerprint density at radius 1 is 0.516 bits per heavy atom. The molecule has 0 aromatic heterocycles.